The maximum Gasteiger partial charge on any atom is 0.203 e. The van der Waals surface area contributed by atoms with E-state index in [0.29, 0.717) is 24.7 Å². The summed E-state index contributed by atoms with van der Waals surface area (Å²) in [6.45, 7) is 2.80. The highest BCUT2D eigenvalue weighted by molar-refractivity contribution is 5.50. The lowest BCUT2D eigenvalue weighted by atomic mass is 10.2. The quantitative estimate of drug-likeness (QED) is 0.876. The number of hydrogen-bond donors (Lipinski definition) is 1. The number of ether oxygens (including phenoxy) is 2. The van der Waals surface area contributed by atoms with Crippen LogP contribution in [0.25, 0.3) is 0 Å². The number of rotatable bonds is 5. The zero-order chi connectivity index (χ0) is 12.8. The summed E-state index contributed by atoms with van der Waals surface area (Å²) < 4.78 is 11.1. The van der Waals surface area contributed by atoms with Crippen molar-refractivity contribution in [3.8, 4) is 17.2 Å². The predicted octanol–water partition coefficient (Wildman–Crippen LogP) is 3.37. The molecule has 18 heavy (non-hydrogen) atoms. The topological polar surface area (TPSA) is 38.7 Å². The van der Waals surface area contributed by atoms with Gasteiger partial charge in [-0.1, -0.05) is 36.4 Å². The first kappa shape index (κ1) is 12.3. The number of hydrogen-bond acceptors (Lipinski definition) is 3. The summed E-state index contributed by atoms with van der Waals surface area (Å²) in [6.07, 6.45) is 0. The zero-order valence-electron chi connectivity index (χ0n) is 10.3. The van der Waals surface area contributed by atoms with Crippen LogP contribution in [-0.2, 0) is 6.61 Å². The van der Waals surface area contributed by atoms with Crippen molar-refractivity contribution in [3.05, 3.63) is 54.1 Å². The number of benzene rings is 2. The first-order chi connectivity index (χ1) is 8.81. The molecular weight excluding hydrogens is 228 g/mol. The summed E-state index contributed by atoms with van der Waals surface area (Å²) in [4.78, 5) is 0. The maximum atomic E-state index is 9.71. The molecule has 2 aromatic rings. The van der Waals surface area contributed by atoms with Crippen molar-refractivity contribution >= 4 is 0 Å². The van der Waals surface area contributed by atoms with E-state index in [2.05, 4.69) is 0 Å². The van der Waals surface area contributed by atoms with Crippen LogP contribution in [0.3, 0.4) is 0 Å². The van der Waals surface area contributed by atoms with Crippen molar-refractivity contribution in [1.29, 1.82) is 0 Å². The SMILES string of the molecule is CCOc1c(O)cccc1OCc1ccccc1. The van der Waals surface area contributed by atoms with E-state index in [0.717, 1.165) is 5.56 Å². The highest BCUT2D eigenvalue weighted by Gasteiger charge is 2.09. The van der Waals surface area contributed by atoms with E-state index in [4.69, 9.17) is 9.47 Å². The number of para-hydroxylation sites is 1. The Bertz CT molecular complexity index is 494. The van der Waals surface area contributed by atoms with Gasteiger partial charge in [-0.3, -0.25) is 0 Å². The predicted molar refractivity (Wildman–Crippen MR) is 70.0 cm³/mol. The molecule has 2 aromatic carbocycles. The molecule has 0 aromatic heterocycles. The molecule has 0 aliphatic carbocycles. The molecule has 94 valence electrons. The van der Waals surface area contributed by atoms with Gasteiger partial charge in [0, 0.05) is 0 Å². The molecule has 1 N–H and O–H groups in total. The monoisotopic (exact) mass is 244 g/mol. The van der Waals surface area contributed by atoms with Gasteiger partial charge in [0.1, 0.15) is 6.61 Å². The van der Waals surface area contributed by atoms with Crippen LogP contribution in [0.1, 0.15) is 12.5 Å². The minimum absolute atomic E-state index is 0.0995. The van der Waals surface area contributed by atoms with Gasteiger partial charge in [-0.25, -0.2) is 0 Å². The van der Waals surface area contributed by atoms with Crippen molar-refractivity contribution in [2.75, 3.05) is 6.61 Å². The lowest BCUT2D eigenvalue weighted by Gasteiger charge is -2.12. The van der Waals surface area contributed by atoms with E-state index in [1.807, 2.05) is 37.3 Å². The highest BCUT2D eigenvalue weighted by atomic mass is 16.5. The van der Waals surface area contributed by atoms with Crippen LogP contribution >= 0.6 is 0 Å². The molecule has 0 heterocycles. The Morgan fingerprint density at radius 1 is 0.944 bits per heavy atom. The normalized spacial score (nSPS) is 10.1. The second kappa shape index (κ2) is 5.96. The highest BCUT2D eigenvalue weighted by Crippen LogP contribution is 2.36. The van der Waals surface area contributed by atoms with Gasteiger partial charge in [0.2, 0.25) is 5.75 Å². The smallest absolute Gasteiger partial charge is 0.203 e. The van der Waals surface area contributed by atoms with Gasteiger partial charge in [0.25, 0.3) is 0 Å². The van der Waals surface area contributed by atoms with Crippen LogP contribution in [0.2, 0.25) is 0 Å². The Kier molecular flexibility index (Phi) is 4.07. The molecule has 3 nitrogen and oxygen atoms in total. The minimum atomic E-state index is 0.0995. The van der Waals surface area contributed by atoms with Gasteiger partial charge in [-0.15, -0.1) is 0 Å². The second-order valence-corrected chi connectivity index (χ2v) is 3.81. The van der Waals surface area contributed by atoms with Crippen molar-refractivity contribution < 1.29 is 14.6 Å². The summed E-state index contributed by atoms with van der Waals surface area (Å²) in [5.41, 5.74) is 1.07. The maximum absolute atomic E-state index is 9.71. The molecule has 3 heteroatoms. The Morgan fingerprint density at radius 2 is 1.72 bits per heavy atom. The summed E-state index contributed by atoms with van der Waals surface area (Å²) in [7, 11) is 0. The largest absolute Gasteiger partial charge is 0.504 e. The summed E-state index contributed by atoms with van der Waals surface area (Å²) in [5.74, 6) is 1.05. The molecule has 0 aliphatic heterocycles. The fraction of sp³-hybridized carbons (Fsp3) is 0.200. The van der Waals surface area contributed by atoms with E-state index < -0.39 is 0 Å². The van der Waals surface area contributed by atoms with Crippen molar-refractivity contribution in [3.63, 3.8) is 0 Å². The van der Waals surface area contributed by atoms with Crippen LogP contribution in [0.5, 0.6) is 17.2 Å². The lowest BCUT2D eigenvalue weighted by Crippen LogP contribution is -1.99. The first-order valence-corrected chi connectivity index (χ1v) is 5.92. The van der Waals surface area contributed by atoms with Crippen molar-refractivity contribution in [2.24, 2.45) is 0 Å². The summed E-state index contributed by atoms with van der Waals surface area (Å²) >= 11 is 0. The molecule has 0 spiro atoms. The number of phenols is 1. The third-order valence-corrected chi connectivity index (χ3v) is 2.48. The fourth-order valence-corrected chi connectivity index (χ4v) is 1.64. The second-order valence-electron chi connectivity index (χ2n) is 3.81. The van der Waals surface area contributed by atoms with Crippen LogP contribution in [0, 0.1) is 0 Å². The van der Waals surface area contributed by atoms with Crippen LogP contribution in [0.15, 0.2) is 48.5 Å². The molecule has 0 unspecified atom stereocenters. The minimum Gasteiger partial charge on any atom is -0.504 e. The molecule has 0 fully saturated rings. The van der Waals surface area contributed by atoms with E-state index in [1.165, 1.54) is 0 Å². The molecule has 0 aliphatic rings. The Balaban J connectivity index is 2.11. The Hall–Kier alpha value is -2.16. The van der Waals surface area contributed by atoms with Gasteiger partial charge in [-0.05, 0) is 24.6 Å². The van der Waals surface area contributed by atoms with Crippen LogP contribution in [-0.4, -0.2) is 11.7 Å². The average molecular weight is 244 g/mol. The zero-order valence-corrected chi connectivity index (χ0v) is 10.3. The molecule has 0 saturated carbocycles. The molecule has 0 radical (unpaired) electrons. The first-order valence-electron chi connectivity index (χ1n) is 5.92. The average Bonchev–Trinajstić information content (AvgIpc) is 2.41. The number of phenolic OH excluding ortho intramolecular Hbond substituents is 1. The Labute approximate surface area is 107 Å². The van der Waals surface area contributed by atoms with Gasteiger partial charge < -0.3 is 14.6 Å². The molecule has 0 amide bonds. The van der Waals surface area contributed by atoms with Gasteiger partial charge in [-0.2, -0.15) is 0 Å². The molecule has 0 atom stereocenters. The van der Waals surface area contributed by atoms with Gasteiger partial charge in [0.15, 0.2) is 11.5 Å². The molecule has 0 bridgehead atoms. The Morgan fingerprint density at radius 3 is 2.44 bits per heavy atom. The molecule has 2 rings (SSSR count). The molecule has 0 saturated heterocycles. The van der Waals surface area contributed by atoms with Crippen molar-refractivity contribution in [2.45, 2.75) is 13.5 Å². The third-order valence-electron chi connectivity index (χ3n) is 2.48. The van der Waals surface area contributed by atoms with E-state index in [1.54, 1.807) is 18.2 Å². The standard InChI is InChI=1S/C15H16O3/c1-2-17-15-13(16)9-6-10-14(15)18-11-12-7-4-3-5-8-12/h3-10,16H,2,11H2,1H3. The number of aromatic hydroxyl groups is 1. The van der Waals surface area contributed by atoms with E-state index >= 15 is 0 Å². The summed E-state index contributed by atoms with van der Waals surface area (Å²) in [5, 5.41) is 9.71. The van der Waals surface area contributed by atoms with Crippen LogP contribution in [0.4, 0.5) is 0 Å². The molecular formula is C15H16O3. The van der Waals surface area contributed by atoms with Crippen LogP contribution < -0.4 is 9.47 Å². The van der Waals surface area contributed by atoms with Gasteiger partial charge in [0.05, 0.1) is 6.61 Å². The third kappa shape index (κ3) is 2.94. The van der Waals surface area contributed by atoms with E-state index in [-0.39, 0.29) is 5.75 Å². The van der Waals surface area contributed by atoms with Crippen molar-refractivity contribution in [1.82, 2.24) is 0 Å². The van der Waals surface area contributed by atoms with Gasteiger partial charge >= 0.3 is 0 Å². The van der Waals surface area contributed by atoms with E-state index in [9.17, 15) is 5.11 Å². The lowest BCUT2D eigenvalue weighted by molar-refractivity contribution is 0.260. The summed E-state index contributed by atoms with van der Waals surface area (Å²) in [6, 6.07) is 15.0. The fourth-order valence-electron chi connectivity index (χ4n) is 1.64.